The zero-order chi connectivity index (χ0) is 14.8. The van der Waals surface area contributed by atoms with Crippen LogP contribution in [0.3, 0.4) is 0 Å². The van der Waals surface area contributed by atoms with Crippen molar-refractivity contribution in [1.29, 1.82) is 0 Å². The van der Waals surface area contributed by atoms with Gasteiger partial charge < -0.3 is 4.90 Å². The summed E-state index contributed by atoms with van der Waals surface area (Å²) in [4.78, 5) is 14.7. The van der Waals surface area contributed by atoms with Crippen molar-refractivity contribution in [2.75, 3.05) is 5.88 Å². The van der Waals surface area contributed by atoms with Crippen molar-refractivity contribution in [3.05, 3.63) is 35.4 Å². The Hall–Kier alpha value is -1.02. The van der Waals surface area contributed by atoms with E-state index in [1.54, 1.807) is 0 Å². The molecule has 110 valence electrons. The molecule has 0 bridgehead atoms. The van der Waals surface area contributed by atoms with Gasteiger partial charge in [-0.15, -0.1) is 11.6 Å². The molecule has 2 rings (SSSR count). The van der Waals surface area contributed by atoms with Crippen LogP contribution in [0.2, 0.25) is 0 Å². The smallest absolute Gasteiger partial charge is 0.229 e. The van der Waals surface area contributed by atoms with E-state index in [2.05, 4.69) is 31.2 Å². The molecule has 1 aromatic carbocycles. The van der Waals surface area contributed by atoms with E-state index in [1.807, 2.05) is 18.7 Å². The summed E-state index contributed by atoms with van der Waals surface area (Å²) in [6.45, 7) is 6.71. The van der Waals surface area contributed by atoms with Gasteiger partial charge in [-0.05, 0) is 44.2 Å². The van der Waals surface area contributed by atoms with Crippen molar-refractivity contribution >= 4 is 17.5 Å². The van der Waals surface area contributed by atoms with Crippen LogP contribution >= 0.6 is 11.6 Å². The third-order valence-corrected chi connectivity index (χ3v) is 4.61. The van der Waals surface area contributed by atoms with E-state index in [9.17, 15) is 4.79 Å². The van der Waals surface area contributed by atoms with Gasteiger partial charge in [0.25, 0.3) is 0 Å². The van der Waals surface area contributed by atoms with E-state index in [0.717, 1.165) is 19.3 Å². The van der Waals surface area contributed by atoms with E-state index in [4.69, 9.17) is 11.6 Å². The average molecular weight is 294 g/mol. The molecule has 0 aromatic heterocycles. The zero-order valence-corrected chi connectivity index (χ0v) is 13.4. The number of halogens is 1. The number of amides is 1. The maximum atomic E-state index is 12.6. The number of alkyl halides is 1. The van der Waals surface area contributed by atoms with Gasteiger partial charge in [-0.1, -0.05) is 31.2 Å². The lowest BCUT2D eigenvalue weighted by Crippen LogP contribution is -2.42. The van der Waals surface area contributed by atoms with Crippen LogP contribution in [0.1, 0.15) is 44.7 Å². The lowest BCUT2D eigenvalue weighted by Gasteiger charge is -2.31. The van der Waals surface area contributed by atoms with Crippen LogP contribution in [-0.4, -0.2) is 22.7 Å². The number of hydrogen-bond donors (Lipinski definition) is 0. The Labute approximate surface area is 127 Å². The highest BCUT2D eigenvalue weighted by atomic mass is 35.5. The Kier molecular flexibility index (Phi) is 4.74. The lowest BCUT2D eigenvalue weighted by molar-refractivity contribution is -0.140. The van der Waals surface area contributed by atoms with Crippen LogP contribution in [0.25, 0.3) is 0 Å². The molecular weight excluding hydrogens is 270 g/mol. The maximum Gasteiger partial charge on any atom is 0.229 e. The first kappa shape index (κ1) is 15.4. The van der Waals surface area contributed by atoms with E-state index in [0.29, 0.717) is 18.5 Å². The molecule has 3 heteroatoms. The van der Waals surface area contributed by atoms with Gasteiger partial charge in [-0.3, -0.25) is 4.79 Å². The van der Waals surface area contributed by atoms with Crippen LogP contribution in [0.15, 0.2) is 24.3 Å². The van der Waals surface area contributed by atoms with Gasteiger partial charge in [0.1, 0.15) is 0 Å². The highest BCUT2D eigenvalue weighted by Crippen LogP contribution is 2.33. The van der Waals surface area contributed by atoms with Crippen molar-refractivity contribution in [3.63, 3.8) is 0 Å². The van der Waals surface area contributed by atoms with Gasteiger partial charge in [0.2, 0.25) is 5.91 Å². The van der Waals surface area contributed by atoms with Gasteiger partial charge in [0.15, 0.2) is 0 Å². The van der Waals surface area contributed by atoms with Crippen LogP contribution in [0, 0.1) is 5.41 Å². The monoisotopic (exact) mass is 293 g/mol. The summed E-state index contributed by atoms with van der Waals surface area (Å²) in [7, 11) is 0. The molecule has 0 atom stereocenters. The number of hydrogen-bond acceptors (Lipinski definition) is 1. The third-order valence-electron chi connectivity index (χ3n) is 3.95. The fourth-order valence-electron chi connectivity index (χ4n) is 2.28. The minimum Gasteiger partial charge on any atom is -0.335 e. The number of benzene rings is 1. The molecule has 1 saturated carbocycles. The van der Waals surface area contributed by atoms with E-state index < -0.39 is 5.41 Å². The van der Waals surface area contributed by atoms with Crippen LogP contribution in [-0.2, 0) is 17.8 Å². The predicted molar refractivity (Wildman–Crippen MR) is 83.9 cm³/mol. The molecule has 0 spiro atoms. The molecular formula is C17H24ClNO. The quantitative estimate of drug-likeness (QED) is 0.726. The van der Waals surface area contributed by atoms with Crippen molar-refractivity contribution < 1.29 is 4.79 Å². The second-order valence-corrected chi connectivity index (χ2v) is 6.62. The first-order valence-electron chi connectivity index (χ1n) is 7.43. The summed E-state index contributed by atoms with van der Waals surface area (Å²) in [6, 6.07) is 8.98. The molecule has 0 N–H and O–H groups in total. The first-order chi connectivity index (χ1) is 9.47. The normalized spacial score (nSPS) is 15.2. The van der Waals surface area contributed by atoms with Crippen LogP contribution in [0.4, 0.5) is 0 Å². The number of carbonyl (C=O) groups excluding carboxylic acids is 1. The minimum absolute atomic E-state index is 0.176. The Morgan fingerprint density at radius 2 is 1.80 bits per heavy atom. The molecule has 1 amide bonds. The van der Waals surface area contributed by atoms with Crippen molar-refractivity contribution in [1.82, 2.24) is 4.90 Å². The summed E-state index contributed by atoms with van der Waals surface area (Å²) < 4.78 is 0. The summed E-state index contributed by atoms with van der Waals surface area (Å²) in [5, 5.41) is 0. The Morgan fingerprint density at radius 1 is 1.25 bits per heavy atom. The first-order valence-corrected chi connectivity index (χ1v) is 7.96. The zero-order valence-electron chi connectivity index (χ0n) is 12.7. The van der Waals surface area contributed by atoms with Gasteiger partial charge >= 0.3 is 0 Å². The number of aryl methyl sites for hydroxylation is 1. The van der Waals surface area contributed by atoms with E-state index >= 15 is 0 Å². The second kappa shape index (κ2) is 6.17. The van der Waals surface area contributed by atoms with E-state index in [1.165, 1.54) is 11.1 Å². The standard InChI is InChI=1S/C17H24ClNO/c1-4-13-5-7-14(8-6-13)11-19(15-9-10-15)16(20)17(2,3)12-18/h5-8,15H,4,9-12H2,1-3H3. The SMILES string of the molecule is CCc1ccc(CN(C(=O)C(C)(C)CCl)C2CC2)cc1. The molecule has 1 aliphatic rings. The van der Waals surface area contributed by atoms with Crippen LogP contribution < -0.4 is 0 Å². The fraction of sp³-hybridized carbons (Fsp3) is 0.588. The number of rotatable bonds is 6. The second-order valence-electron chi connectivity index (χ2n) is 6.35. The van der Waals surface area contributed by atoms with Crippen LogP contribution in [0.5, 0.6) is 0 Å². The van der Waals surface area contributed by atoms with Gasteiger partial charge in [0.05, 0.1) is 5.41 Å². The highest BCUT2D eigenvalue weighted by molar-refractivity contribution is 6.19. The van der Waals surface area contributed by atoms with Crippen molar-refractivity contribution in [3.8, 4) is 0 Å². The summed E-state index contributed by atoms with van der Waals surface area (Å²) >= 11 is 5.95. The van der Waals surface area contributed by atoms with Gasteiger partial charge in [0, 0.05) is 18.5 Å². The Balaban J connectivity index is 2.11. The fourth-order valence-corrected chi connectivity index (χ4v) is 2.39. The maximum absolute atomic E-state index is 12.6. The number of nitrogens with zero attached hydrogens (tertiary/aromatic N) is 1. The van der Waals surface area contributed by atoms with Crippen molar-refractivity contribution in [2.45, 2.75) is 52.6 Å². The molecule has 2 nitrogen and oxygen atoms in total. The molecule has 1 aromatic rings. The molecule has 0 aliphatic heterocycles. The average Bonchev–Trinajstić information content (AvgIpc) is 3.29. The molecule has 20 heavy (non-hydrogen) atoms. The lowest BCUT2D eigenvalue weighted by atomic mass is 9.94. The third kappa shape index (κ3) is 3.54. The summed E-state index contributed by atoms with van der Waals surface area (Å²) in [5.41, 5.74) is 2.06. The molecule has 0 heterocycles. The molecule has 1 aliphatic carbocycles. The number of carbonyl (C=O) groups is 1. The van der Waals surface area contributed by atoms with Gasteiger partial charge in [-0.2, -0.15) is 0 Å². The summed E-state index contributed by atoms with van der Waals surface area (Å²) in [5.74, 6) is 0.540. The largest absolute Gasteiger partial charge is 0.335 e. The Bertz CT molecular complexity index is 462. The highest BCUT2D eigenvalue weighted by Gasteiger charge is 2.39. The molecule has 0 unspecified atom stereocenters. The minimum atomic E-state index is -0.479. The summed E-state index contributed by atoms with van der Waals surface area (Å²) in [6.07, 6.45) is 3.29. The van der Waals surface area contributed by atoms with Crippen molar-refractivity contribution in [2.24, 2.45) is 5.41 Å². The molecule has 0 radical (unpaired) electrons. The van der Waals surface area contributed by atoms with E-state index in [-0.39, 0.29) is 5.91 Å². The predicted octanol–water partition coefficient (Wildman–Crippen LogP) is 4.01. The molecule has 0 saturated heterocycles. The topological polar surface area (TPSA) is 20.3 Å². The molecule has 1 fully saturated rings. The Morgan fingerprint density at radius 3 is 2.25 bits per heavy atom. The van der Waals surface area contributed by atoms with Gasteiger partial charge in [-0.25, -0.2) is 0 Å².